The van der Waals surface area contributed by atoms with E-state index in [1.165, 1.54) is 0 Å². The highest BCUT2D eigenvalue weighted by atomic mass is 16.6. The van der Waals surface area contributed by atoms with Gasteiger partial charge in [0.15, 0.2) is 0 Å². The first kappa shape index (κ1) is 17.3. The quantitative estimate of drug-likeness (QED) is 0.800. The molecule has 1 amide bonds. The molecule has 0 aromatic heterocycles. The third kappa shape index (κ3) is 4.47. The fourth-order valence-electron chi connectivity index (χ4n) is 2.88. The van der Waals surface area contributed by atoms with Crippen LogP contribution in [0.2, 0.25) is 0 Å². The zero-order valence-electron chi connectivity index (χ0n) is 14.2. The molecule has 2 atom stereocenters. The molecule has 1 aliphatic heterocycles. The molecule has 1 heterocycles. The van der Waals surface area contributed by atoms with Gasteiger partial charge in [-0.1, -0.05) is 12.1 Å². The molecular formula is C18H25NO4. The van der Waals surface area contributed by atoms with Gasteiger partial charge in [0.1, 0.15) is 17.6 Å². The largest absolute Gasteiger partial charge is 0.497 e. The second-order valence-electron chi connectivity index (χ2n) is 6.87. The van der Waals surface area contributed by atoms with E-state index in [0.29, 0.717) is 12.8 Å². The Balaban J connectivity index is 2.12. The lowest BCUT2D eigenvalue weighted by molar-refractivity contribution is -0.112. The Kier molecular flexibility index (Phi) is 5.29. The van der Waals surface area contributed by atoms with E-state index < -0.39 is 17.7 Å². The number of benzene rings is 1. The van der Waals surface area contributed by atoms with Crippen LogP contribution in [-0.2, 0) is 16.0 Å². The van der Waals surface area contributed by atoms with Crippen molar-refractivity contribution in [2.45, 2.75) is 57.7 Å². The van der Waals surface area contributed by atoms with Crippen molar-refractivity contribution in [1.82, 2.24) is 4.90 Å². The van der Waals surface area contributed by atoms with Crippen LogP contribution in [-0.4, -0.2) is 42.1 Å². The monoisotopic (exact) mass is 319 g/mol. The number of amides is 1. The lowest BCUT2D eigenvalue weighted by Gasteiger charge is -2.31. The molecular weight excluding hydrogens is 294 g/mol. The highest BCUT2D eigenvalue weighted by Crippen LogP contribution is 2.28. The molecule has 1 saturated heterocycles. The average molecular weight is 319 g/mol. The minimum atomic E-state index is -0.572. The second-order valence-corrected chi connectivity index (χ2v) is 6.87. The fraction of sp³-hybridized carbons (Fsp3) is 0.556. The number of methoxy groups -OCH3 is 1. The molecule has 2 unspecified atom stereocenters. The highest BCUT2D eigenvalue weighted by molar-refractivity contribution is 5.75. The average Bonchev–Trinajstić information content (AvgIpc) is 2.89. The van der Waals surface area contributed by atoms with E-state index in [4.69, 9.17) is 9.47 Å². The minimum Gasteiger partial charge on any atom is -0.497 e. The lowest BCUT2D eigenvalue weighted by atomic mass is 10.0. The number of carbonyl (C=O) groups excluding carboxylic acids is 2. The van der Waals surface area contributed by atoms with Crippen LogP contribution in [0.25, 0.3) is 0 Å². The number of likely N-dealkylation sites (tertiary alicyclic amines) is 1. The summed E-state index contributed by atoms with van der Waals surface area (Å²) in [6, 6.07) is 7.36. The summed E-state index contributed by atoms with van der Waals surface area (Å²) >= 11 is 0. The summed E-state index contributed by atoms with van der Waals surface area (Å²) in [5.74, 6) is 0.801. The van der Waals surface area contributed by atoms with E-state index in [1.54, 1.807) is 12.0 Å². The molecule has 2 rings (SSSR count). The standard InChI is InChI=1S/C18H25NO4/c1-18(2,3)23-17(21)19-14(7-8-15(19)12-20)11-13-5-9-16(22-4)10-6-13/h5-6,9-10,12,14-15H,7-8,11H2,1-4H3. The number of aldehydes is 1. The van der Waals surface area contributed by atoms with Crippen LogP contribution < -0.4 is 4.74 Å². The molecule has 1 aliphatic rings. The first-order valence-electron chi connectivity index (χ1n) is 7.93. The normalized spacial score (nSPS) is 21.1. The minimum absolute atomic E-state index is 0.0200. The number of hydrogen-bond acceptors (Lipinski definition) is 4. The Labute approximate surface area is 137 Å². The van der Waals surface area contributed by atoms with E-state index in [2.05, 4.69) is 0 Å². The summed E-state index contributed by atoms with van der Waals surface area (Å²) in [7, 11) is 1.63. The zero-order chi connectivity index (χ0) is 17.0. The van der Waals surface area contributed by atoms with Crippen LogP contribution in [0.1, 0.15) is 39.2 Å². The van der Waals surface area contributed by atoms with Crippen LogP contribution in [0.5, 0.6) is 5.75 Å². The maximum absolute atomic E-state index is 12.5. The van der Waals surface area contributed by atoms with Gasteiger partial charge in [-0.05, 0) is 57.7 Å². The van der Waals surface area contributed by atoms with Crippen molar-refractivity contribution >= 4 is 12.4 Å². The predicted molar refractivity (Wildman–Crippen MR) is 87.6 cm³/mol. The molecule has 0 N–H and O–H groups in total. The van der Waals surface area contributed by atoms with Crippen LogP contribution in [0, 0.1) is 0 Å². The number of nitrogens with zero attached hydrogens (tertiary/aromatic N) is 1. The van der Waals surface area contributed by atoms with E-state index in [0.717, 1.165) is 24.0 Å². The number of carbonyl (C=O) groups is 2. The van der Waals surface area contributed by atoms with Gasteiger partial charge in [-0.3, -0.25) is 4.90 Å². The predicted octanol–water partition coefficient (Wildman–Crippen LogP) is 3.20. The fourth-order valence-corrected chi connectivity index (χ4v) is 2.88. The third-order valence-electron chi connectivity index (χ3n) is 3.94. The SMILES string of the molecule is COc1ccc(CC2CCC(C=O)N2C(=O)OC(C)(C)C)cc1. The number of hydrogen-bond donors (Lipinski definition) is 0. The Hall–Kier alpha value is -2.04. The maximum Gasteiger partial charge on any atom is 0.411 e. The second kappa shape index (κ2) is 7.02. The summed E-state index contributed by atoms with van der Waals surface area (Å²) in [4.78, 5) is 25.4. The molecule has 126 valence electrons. The van der Waals surface area contributed by atoms with Crippen molar-refractivity contribution in [2.24, 2.45) is 0 Å². The molecule has 0 radical (unpaired) electrons. The molecule has 1 aromatic rings. The molecule has 0 spiro atoms. The first-order chi connectivity index (χ1) is 10.8. The van der Waals surface area contributed by atoms with E-state index >= 15 is 0 Å². The van der Waals surface area contributed by atoms with Gasteiger partial charge >= 0.3 is 6.09 Å². The Bertz CT molecular complexity index is 547. The van der Waals surface area contributed by atoms with Gasteiger partial charge in [-0.15, -0.1) is 0 Å². The molecule has 0 saturated carbocycles. The smallest absolute Gasteiger partial charge is 0.411 e. The van der Waals surface area contributed by atoms with Crippen LogP contribution in [0.3, 0.4) is 0 Å². The number of ether oxygens (including phenoxy) is 2. The summed E-state index contributed by atoms with van der Waals surface area (Å²) in [6.07, 6.45) is 2.62. The maximum atomic E-state index is 12.5. The van der Waals surface area contributed by atoms with Gasteiger partial charge in [-0.2, -0.15) is 0 Å². The summed E-state index contributed by atoms with van der Waals surface area (Å²) in [5.41, 5.74) is 0.536. The van der Waals surface area contributed by atoms with E-state index in [9.17, 15) is 9.59 Å². The van der Waals surface area contributed by atoms with Crippen LogP contribution in [0.15, 0.2) is 24.3 Å². The highest BCUT2D eigenvalue weighted by Gasteiger charge is 2.39. The Morgan fingerprint density at radius 1 is 1.26 bits per heavy atom. The topological polar surface area (TPSA) is 55.8 Å². The van der Waals surface area contributed by atoms with E-state index in [1.807, 2.05) is 45.0 Å². The Morgan fingerprint density at radius 2 is 1.91 bits per heavy atom. The van der Waals surface area contributed by atoms with Gasteiger partial charge in [0.2, 0.25) is 0 Å². The van der Waals surface area contributed by atoms with Gasteiger partial charge in [0.05, 0.1) is 13.2 Å². The molecule has 0 bridgehead atoms. The summed E-state index contributed by atoms with van der Waals surface area (Å²) in [5, 5.41) is 0. The van der Waals surface area contributed by atoms with Crippen molar-refractivity contribution in [1.29, 1.82) is 0 Å². The van der Waals surface area contributed by atoms with E-state index in [-0.39, 0.29) is 6.04 Å². The van der Waals surface area contributed by atoms with Crippen molar-refractivity contribution in [2.75, 3.05) is 7.11 Å². The molecule has 5 heteroatoms. The summed E-state index contributed by atoms with van der Waals surface area (Å²) < 4.78 is 10.6. The van der Waals surface area contributed by atoms with Crippen molar-refractivity contribution in [3.63, 3.8) is 0 Å². The Morgan fingerprint density at radius 3 is 2.43 bits per heavy atom. The lowest BCUT2D eigenvalue weighted by Crippen LogP contribution is -2.45. The molecule has 23 heavy (non-hydrogen) atoms. The molecule has 1 aromatic carbocycles. The molecule has 0 aliphatic carbocycles. The van der Waals surface area contributed by atoms with Crippen molar-refractivity contribution in [3.8, 4) is 5.75 Å². The van der Waals surface area contributed by atoms with Gasteiger partial charge in [0, 0.05) is 6.04 Å². The number of rotatable bonds is 4. The zero-order valence-corrected chi connectivity index (χ0v) is 14.2. The van der Waals surface area contributed by atoms with Crippen LogP contribution in [0.4, 0.5) is 4.79 Å². The molecule has 5 nitrogen and oxygen atoms in total. The van der Waals surface area contributed by atoms with Gasteiger partial charge in [0.25, 0.3) is 0 Å². The van der Waals surface area contributed by atoms with Crippen molar-refractivity contribution < 1.29 is 19.1 Å². The first-order valence-corrected chi connectivity index (χ1v) is 7.93. The van der Waals surface area contributed by atoms with Gasteiger partial charge < -0.3 is 14.3 Å². The van der Waals surface area contributed by atoms with Crippen LogP contribution >= 0.6 is 0 Å². The molecule has 1 fully saturated rings. The van der Waals surface area contributed by atoms with Gasteiger partial charge in [-0.25, -0.2) is 4.79 Å². The summed E-state index contributed by atoms with van der Waals surface area (Å²) in [6.45, 7) is 5.49. The third-order valence-corrected chi connectivity index (χ3v) is 3.94. The van der Waals surface area contributed by atoms with Crippen molar-refractivity contribution in [3.05, 3.63) is 29.8 Å².